The number of nitrogens with two attached hydrogens (primary N) is 1. The highest BCUT2D eigenvalue weighted by molar-refractivity contribution is 5.83. The van der Waals surface area contributed by atoms with Gasteiger partial charge in [0.1, 0.15) is 0 Å². The second-order valence-corrected chi connectivity index (χ2v) is 5.57. The van der Waals surface area contributed by atoms with E-state index >= 15 is 0 Å². The predicted octanol–water partition coefficient (Wildman–Crippen LogP) is 1.27. The molecule has 1 saturated heterocycles. The summed E-state index contributed by atoms with van der Waals surface area (Å²) in [5.74, 6) is 0.0812. The Morgan fingerprint density at radius 2 is 2.00 bits per heavy atom. The minimum absolute atomic E-state index is 0.0812. The lowest BCUT2D eigenvalue weighted by atomic mass is 9.79. The number of rotatable bonds is 4. The Kier molecular flexibility index (Phi) is 4.94. The average molecular weight is 287 g/mol. The van der Waals surface area contributed by atoms with Crippen molar-refractivity contribution < 1.29 is 9.53 Å². The van der Waals surface area contributed by atoms with Crippen molar-refractivity contribution in [2.45, 2.75) is 19.4 Å². The first-order valence-electron chi connectivity index (χ1n) is 7.14. The number of amides is 1. The molecule has 0 unspecified atom stereocenters. The molecule has 2 rings (SSSR count). The average Bonchev–Trinajstić information content (AvgIpc) is 2.55. The van der Waals surface area contributed by atoms with Crippen LogP contribution >= 0.6 is 0 Å². The van der Waals surface area contributed by atoms with Crippen LogP contribution < -0.4 is 5.73 Å². The summed E-state index contributed by atoms with van der Waals surface area (Å²) in [6, 6.07) is 9.37. The standard InChI is InChI=1S/C16H21N3O2/c1-19(11-14-4-2-13(10-17)3-5-14)15(20)16(12-18)6-8-21-9-7-16/h2-5H,6-9,11-12,18H2,1H3. The highest BCUT2D eigenvalue weighted by Gasteiger charge is 2.40. The topological polar surface area (TPSA) is 79.4 Å². The second-order valence-electron chi connectivity index (χ2n) is 5.57. The molecule has 1 aromatic rings. The quantitative estimate of drug-likeness (QED) is 0.904. The third kappa shape index (κ3) is 3.41. The predicted molar refractivity (Wildman–Crippen MR) is 79.2 cm³/mol. The highest BCUT2D eigenvalue weighted by atomic mass is 16.5. The third-order valence-electron chi connectivity index (χ3n) is 4.14. The molecule has 0 spiro atoms. The van der Waals surface area contributed by atoms with Crippen LogP contribution in [-0.2, 0) is 16.1 Å². The molecular formula is C16H21N3O2. The van der Waals surface area contributed by atoms with E-state index in [0.717, 1.165) is 5.56 Å². The first-order valence-corrected chi connectivity index (χ1v) is 7.14. The number of carbonyl (C=O) groups is 1. The molecule has 1 amide bonds. The minimum atomic E-state index is -0.487. The SMILES string of the molecule is CN(Cc1ccc(C#N)cc1)C(=O)C1(CN)CCOCC1. The van der Waals surface area contributed by atoms with E-state index in [1.165, 1.54) is 0 Å². The van der Waals surface area contributed by atoms with Crippen molar-refractivity contribution in [3.05, 3.63) is 35.4 Å². The van der Waals surface area contributed by atoms with Gasteiger partial charge in [-0.2, -0.15) is 5.26 Å². The van der Waals surface area contributed by atoms with Crippen LogP contribution in [0.2, 0.25) is 0 Å². The summed E-state index contributed by atoms with van der Waals surface area (Å²) in [6.45, 7) is 2.06. The fourth-order valence-electron chi connectivity index (χ4n) is 2.70. The van der Waals surface area contributed by atoms with Gasteiger partial charge in [0.05, 0.1) is 17.0 Å². The van der Waals surface area contributed by atoms with Crippen molar-refractivity contribution in [2.24, 2.45) is 11.1 Å². The maximum absolute atomic E-state index is 12.7. The lowest BCUT2D eigenvalue weighted by Crippen LogP contribution is -2.49. The second kappa shape index (κ2) is 6.70. The smallest absolute Gasteiger partial charge is 0.230 e. The Labute approximate surface area is 125 Å². The van der Waals surface area contributed by atoms with Gasteiger partial charge in [0.25, 0.3) is 0 Å². The minimum Gasteiger partial charge on any atom is -0.381 e. The lowest BCUT2D eigenvalue weighted by molar-refractivity contribution is -0.146. The Hall–Kier alpha value is -1.90. The van der Waals surface area contributed by atoms with Crippen LogP contribution in [0.5, 0.6) is 0 Å². The van der Waals surface area contributed by atoms with E-state index in [1.54, 1.807) is 24.1 Å². The van der Waals surface area contributed by atoms with Crippen molar-refractivity contribution in [1.82, 2.24) is 4.90 Å². The molecule has 0 bridgehead atoms. The van der Waals surface area contributed by atoms with E-state index in [2.05, 4.69) is 6.07 Å². The summed E-state index contributed by atoms with van der Waals surface area (Å²) in [5, 5.41) is 8.79. The van der Waals surface area contributed by atoms with Gasteiger partial charge in [-0.05, 0) is 30.5 Å². The van der Waals surface area contributed by atoms with E-state index in [4.69, 9.17) is 15.7 Å². The summed E-state index contributed by atoms with van der Waals surface area (Å²) in [4.78, 5) is 14.4. The summed E-state index contributed by atoms with van der Waals surface area (Å²) in [5.41, 5.74) is 7.01. The fraction of sp³-hybridized carbons (Fsp3) is 0.500. The van der Waals surface area contributed by atoms with Crippen molar-refractivity contribution in [1.29, 1.82) is 5.26 Å². The molecule has 21 heavy (non-hydrogen) atoms. The van der Waals surface area contributed by atoms with Gasteiger partial charge in [-0.25, -0.2) is 0 Å². The van der Waals surface area contributed by atoms with Crippen molar-refractivity contribution in [3.63, 3.8) is 0 Å². The van der Waals surface area contributed by atoms with Crippen molar-refractivity contribution in [3.8, 4) is 6.07 Å². The zero-order valence-electron chi connectivity index (χ0n) is 12.3. The summed E-state index contributed by atoms with van der Waals surface area (Å²) < 4.78 is 5.34. The van der Waals surface area contributed by atoms with E-state index in [9.17, 15) is 4.79 Å². The number of nitriles is 1. The number of ether oxygens (including phenoxy) is 1. The van der Waals surface area contributed by atoms with Gasteiger partial charge >= 0.3 is 0 Å². The number of carbonyl (C=O) groups excluding carboxylic acids is 1. The summed E-state index contributed by atoms with van der Waals surface area (Å²) in [7, 11) is 1.80. The fourth-order valence-corrected chi connectivity index (χ4v) is 2.70. The summed E-state index contributed by atoms with van der Waals surface area (Å²) in [6.07, 6.45) is 1.36. The zero-order chi connectivity index (χ0) is 15.3. The van der Waals surface area contributed by atoms with Gasteiger partial charge in [-0.15, -0.1) is 0 Å². The van der Waals surface area contributed by atoms with E-state index < -0.39 is 5.41 Å². The third-order valence-corrected chi connectivity index (χ3v) is 4.14. The maximum atomic E-state index is 12.7. The molecule has 0 radical (unpaired) electrons. The van der Waals surface area contributed by atoms with Gasteiger partial charge < -0.3 is 15.4 Å². The van der Waals surface area contributed by atoms with Gasteiger partial charge in [-0.1, -0.05) is 12.1 Å². The molecule has 5 nitrogen and oxygen atoms in total. The number of benzene rings is 1. The van der Waals surface area contributed by atoms with Crippen LogP contribution in [0.4, 0.5) is 0 Å². The normalized spacial score (nSPS) is 17.0. The lowest BCUT2D eigenvalue weighted by Gasteiger charge is -2.37. The molecule has 112 valence electrons. The van der Waals surface area contributed by atoms with E-state index in [-0.39, 0.29) is 5.91 Å². The van der Waals surface area contributed by atoms with E-state index in [1.807, 2.05) is 12.1 Å². The number of hydrogen-bond acceptors (Lipinski definition) is 4. The Balaban J connectivity index is 2.05. The molecule has 1 aliphatic rings. The van der Waals surface area contributed by atoms with Crippen LogP contribution in [0.15, 0.2) is 24.3 Å². The van der Waals surface area contributed by atoms with E-state index in [0.29, 0.717) is 44.7 Å². The van der Waals surface area contributed by atoms with Crippen LogP contribution in [0, 0.1) is 16.7 Å². The van der Waals surface area contributed by atoms with Gasteiger partial charge in [0.15, 0.2) is 0 Å². The Bertz CT molecular complexity index is 527. The van der Waals surface area contributed by atoms with Gasteiger partial charge in [-0.3, -0.25) is 4.79 Å². The van der Waals surface area contributed by atoms with Crippen LogP contribution in [-0.4, -0.2) is 37.6 Å². The van der Waals surface area contributed by atoms with Crippen LogP contribution in [0.3, 0.4) is 0 Å². The molecule has 5 heteroatoms. The molecule has 1 fully saturated rings. The molecule has 0 aromatic heterocycles. The van der Waals surface area contributed by atoms with Crippen LogP contribution in [0.25, 0.3) is 0 Å². The van der Waals surface area contributed by atoms with Gasteiger partial charge in [0.2, 0.25) is 5.91 Å². The number of hydrogen-bond donors (Lipinski definition) is 1. The molecule has 0 atom stereocenters. The van der Waals surface area contributed by atoms with Gasteiger partial charge in [0, 0.05) is 33.4 Å². The first-order chi connectivity index (χ1) is 10.1. The summed E-state index contributed by atoms with van der Waals surface area (Å²) >= 11 is 0. The largest absolute Gasteiger partial charge is 0.381 e. The molecule has 2 N–H and O–H groups in total. The van der Waals surface area contributed by atoms with Crippen molar-refractivity contribution >= 4 is 5.91 Å². The Morgan fingerprint density at radius 3 is 2.52 bits per heavy atom. The monoisotopic (exact) mass is 287 g/mol. The highest BCUT2D eigenvalue weighted by Crippen LogP contribution is 2.31. The molecular weight excluding hydrogens is 266 g/mol. The first kappa shape index (κ1) is 15.5. The molecule has 0 saturated carbocycles. The molecule has 1 aromatic carbocycles. The molecule has 0 aliphatic carbocycles. The number of nitrogens with zero attached hydrogens (tertiary/aromatic N) is 2. The molecule has 1 aliphatic heterocycles. The maximum Gasteiger partial charge on any atom is 0.230 e. The van der Waals surface area contributed by atoms with Crippen molar-refractivity contribution in [2.75, 3.05) is 26.8 Å². The van der Waals surface area contributed by atoms with Crippen LogP contribution in [0.1, 0.15) is 24.0 Å². The molecule has 1 heterocycles. The zero-order valence-corrected chi connectivity index (χ0v) is 12.3. The Morgan fingerprint density at radius 1 is 1.38 bits per heavy atom.